The van der Waals surface area contributed by atoms with E-state index in [1.54, 1.807) is 12.4 Å². The van der Waals surface area contributed by atoms with Crippen LogP contribution in [-0.4, -0.2) is 27.6 Å². The Balaban J connectivity index is 2.63. The Morgan fingerprint density at radius 1 is 1.83 bits per heavy atom. The van der Waals surface area contributed by atoms with E-state index in [0.717, 1.165) is 0 Å². The quantitative estimate of drug-likeness (QED) is 0.588. The van der Waals surface area contributed by atoms with Crippen molar-refractivity contribution in [2.75, 3.05) is 6.54 Å². The van der Waals surface area contributed by atoms with Gasteiger partial charge in [0, 0.05) is 24.9 Å². The zero-order valence-electron chi connectivity index (χ0n) is 6.53. The molecule has 1 aromatic rings. The zero-order chi connectivity index (χ0) is 8.97. The molecule has 0 saturated heterocycles. The van der Waals surface area contributed by atoms with Crippen LogP contribution < -0.4 is 5.73 Å². The number of carbonyl (C=O) groups is 1. The van der Waals surface area contributed by atoms with E-state index in [9.17, 15) is 4.79 Å². The predicted octanol–water partition coefficient (Wildman–Crippen LogP) is -0.0733. The molecule has 66 valence electrons. The number of carboxylic acids is 1. The van der Waals surface area contributed by atoms with Crippen LogP contribution in [0.3, 0.4) is 0 Å². The summed E-state index contributed by atoms with van der Waals surface area (Å²) in [4.78, 5) is 17.1. The van der Waals surface area contributed by atoms with Gasteiger partial charge in [0.05, 0.1) is 6.42 Å². The smallest absolute Gasteiger partial charge is 0.304 e. The number of aliphatic carboxylic acids is 1. The standard InChI is InChI=1S/C7H11N3O2/c8-4-5(3-6(11)12)7-9-1-2-10-7/h1-2,5H,3-4,8H2,(H,9,10)(H,11,12). The number of carboxylic acid groups (broad SMARTS) is 1. The fourth-order valence-electron chi connectivity index (χ4n) is 1.00. The lowest BCUT2D eigenvalue weighted by Gasteiger charge is -2.07. The van der Waals surface area contributed by atoms with Gasteiger partial charge in [-0.05, 0) is 0 Å². The minimum atomic E-state index is -0.859. The summed E-state index contributed by atoms with van der Waals surface area (Å²) in [6.45, 7) is 0.291. The van der Waals surface area contributed by atoms with Gasteiger partial charge in [-0.1, -0.05) is 0 Å². The summed E-state index contributed by atoms with van der Waals surface area (Å²) in [7, 11) is 0. The molecule has 0 aliphatic rings. The topological polar surface area (TPSA) is 92.0 Å². The van der Waals surface area contributed by atoms with Crippen molar-refractivity contribution in [2.24, 2.45) is 5.73 Å². The number of hydrogen-bond donors (Lipinski definition) is 3. The molecule has 1 rings (SSSR count). The van der Waals surface area contributed by atoms with Crippen LogP contribution in [0.15, 0.2) is 12.4 Å². The highest BCUT2D eigenvalue weighted by Crippen LogP contribution is 2.12. The van der Waals surface area contributed by atoms with E-state index in [-0.39, 0.29) is 12.3 Å². The van der Waals surface area contributed by atoms with Crippen molar-refractivity contribution in [3.63, 3.8) is 0 Å². The lowest BCUT2D eigenvalue weighted by atomic mass is 10.1. The van der Waals surface area contributed by atoms with Gasteiger partial charge >= 0.3 is 5.97 Å². The number of nitrogens with two attached hydrogens (primary N) is 1. The van der Waals surface area contributed by atoms with E-state index in [0.29, 0.717) is 12.4 Å². The monoisotopic (exact) mass is 169 g/mol. The van der Waals surface area contributed by atoms with Crippen molar-refractivity contribution in [1.29, 1.82) is 0 Å². The third-order valence-corrected chi connectivity index (χ3v) is 1.61. The van der Waals surface area contributed by atoms with E-state index in [1.807, 2.05) is 0 Å². The maximum atomic E-state index is 10.4. The second kappa shape index (κ2) is 3.87. The number of rotatable bonds is 4. The minimum absolute atomic E-state index is 0.0179. The molecule has 12 heavy (non-hydrogen) atoms. The Morgan fingerprint density at radius 2 is 2.58 bits per heavy atom. The molecule has 5 heteroatoms. The molecule has 0 amide bonds. The Kier molecular flexibility index (Phi) is 2.82. The Morgan fingerprint density at radius 3 is 3.00 bits per heavy atom. The highest BCUT2D eigenvalue weighted by atomic mass is 16.4. The molecular formula is C7H11N3O2. The van der Waals surface area contributed by atoms with Gasteiger partial charge in [-0.3, -0.25) is 4.79 Å². The van der Waals surface area contributed by atoms with Crippen LogP contribution in [-0.2, 0) is 4.79 Å². The van der Waals surface area contributed by atoms with E-state index >= 15 is 0 Å². The summed E-state index contributed by atoms with van der Waals surface area (Å²) >= 11 is 0. The first kappa shape index (κ1) is 8.73. The fourth-order valence-corrected chi connectivity index (χ4v) is 1.00. The van der Waals surface area contributed by atoms with Gasteiger partial charge in [-0.15, -0.1) is 0 Å². The van der Waals surface area contributed by atoms with Crippen LogP contribution in [0.5, 0.6) is 0 Å². The number of aromatic amines is 1. The van der Waals surface area contributed by atoms with Crippen molar-refractivity contribution in [3.8, 4) is 0 Å². The van der Waals surface area contributed by atoms with Crippen LogP contribution in [0, 0.1) is 0 Å². The van der Waals surface area contributed by atoms with Crippen LogP contribution in [0.2, 0.25) is 0 Å². The van der Waals surface area contributed by atoms with E-state index < -0.39 is 5.97 Å². The van der Waals surface area contributed by atoms with Crippen LogP contribution >= 0.6 is 0 Å². The Bertz CT molecular complexity index is 245. The molecule has 5 nitrogen and oxygen atoms in total. The lowest BCUT2D eigenvalue weighted by Crippen LogP contribution is -2.17. The first-order valence-electron chi connectivity index (χ1n) is 3.65. The number of imidazole rings is 1. The first-order chi connectivity index (χ1) is 5.74. The fraction of sp³-hybridized carbons (Fsp3) is 0.429. The predicted molar refractivity (Wildman–Crippen MR) is 42.6 cm³/mol. The molecule has 1 aromatic heterocycles. The number of nitrogens with zero attached hydrogens (tertiary/aromatic N) is 1. The van der Waals surface area contributed by atoms with Gasteiger partial charge in [0.25, 0.3) is 0 Å². The highest BCUT2D eigenvalue weighted by molar-refractivity contribution is 5.67. The van der Waals surface area contributed by atoms with Crippen molar-refractivity contribution >= 4 is 5.97 Å². The zero-order valence-corrected chi connectivity index (χ0v) is 6.53. The number of aromatic nitrogens is 2. The van der Waals surface area contributed by atoms with Gasteiger partial charge in [0.2, 0.25) is 0 Å². The van der Waals surface area contributed by atoms with Crippen LogP contribution in [0.25, 0.3) is 0 Å². The summed E-state index contributed by atoms with van der Waals surface area (Å²) in [5.41, 5.74) is 5.39. The summed E-state index contributed by atoms with van der Waals surface area (Å²) in [6.07, 6.45) is 3.25. The maximum Gasteiger partial charge on any atom is 0.304 e. The number of H-pyrrole nitrogens is 1. The third kappa shape index (κ3) is 2.06. The van der Waals surface area contributed by atoms with Crippen molar-refractivity contribution < 1.29 is 9.90 Å². The van der Waals surface area contributed by atoms with Gasteiger partial charge in [0.1, 0.15) is 5.82 Å². The molecule has 0 bridgehead atoms. The average molecular weight is 169 g/mol. The third-order valence-electron chi connectivity index (χ3n) is 1.61. The maximum absolute atomic E-state index is 10.4. The molecule has 0 spiro atoms. The highest BCUT2D eigenvalue weighted by Gasteiger charge is 2.15. The second-order valence-electron chi connectivity index (χ2n) is 2.50. The summed E-state index contributed by atoms with van der Waals surface area (Å²) < 4.78 is 0. The summed E-state index contributed by atoms with van der Waals surface area (Å²) in [5, 5.41) is 8.52. The Labute approximate surface area is 69.6 Å². The van der Waals surface area contributed by atoms with Crippen molar-refractivity contribution in [3.05, 3.63) is 18.2 Å². The SMILES string of the molecule is NCC(CC(=O)O)c1ncc[nH]1. The van der Waals surface area contributed by atoms with Crippen molar-refractivity contribution in [2.45, 2.75) is 12.3 Å². The first-order valence-corrected chi connectivity index (χ1v) is 3.65. The van der Waals surface area contributed by atoms with E-state index in [2.05, 4.69) is 9.97 Å². The van der Waals surface area contributed by atoms with Gasteiger partial charge in [-0.2, -0.15) is 0 Å². The number of hydrogen-bond acceptors (Lipinski definition) is 3. The molecule has 0 radical (unpaired) electrons. The summed E-state index contributed by atoms with van der Waals surface area (Å²) in [6, 6.07) is 0. The van der Waals surface area contributed by atoms with Gasteiger partial charge < -0.3 is 15.8 Å². The molecule has 1 atom stereocenters. The molecule has 0 aromatic carbocycles. The van der Waals surface area contributed by atoms with Crippen LogP contribution in [0.4, 0.5) is 0 Å². The van der Waals surface area contributed by atoms with Gasteiger partial charge in [-0.25, -0.2) is 4.98 Å². The molecule has 1 unspecified atom stereocenters. The molecule has 0 fully saturated rings. The molecule has 0 aliphatic carbocycles. The second-order valence-corrected chi connectivity index (χ2v) is 2.50. The van der Waals surface area contributed by atoms with E-state index in [1.165, 1.54) is 0 Å². The lowest BCUT2D eigenvalue weighted by molar-refractivity contribution is -0.137. The molecule has 0 saturated carbocycles. The average Bonchev–Trinajstić information content (AvgIpc) is 2.51. The number of nitrogens with one attached hydrogen (secondary N) is 1. The van der Waals surface area contributed by atoms with E-state index in [4.69, 9.17) is 10.8 Å². The molecule has 4 N–H and O–H groups in total. The Hall–Kier alpha value is -1.36. The molecule has 0 aliphatic heterocycles. The normalized spacial score (nSPS) is 12.8. The van der Waals surface area contributed by atoms with Gasteiger partial charge in [0.15, 0.2) is 0 Å². The summed E-state index contributed by atoms with van der Waals surface area (Å²) in [5.74, 6) is -0.431. The van der Waals surface area contributed by atoms with Crippen molar-refractivity contribution in [1.82, 2.24) is 9.97 Å². The van der Waals surface area contributed by atoms with Crippen LogP contribution in [0.1, 0.15) is 18.2 Å². The molecular weight excluding hydrogens is 158 g/mol. The molecule has 1 heterocycles. The largest absolute Gasteiger partial charge is 0.481 e. The minimum Gasteiger partial charge on any atom is -0.481 e.